The second-order valence-electron chi connectivity index (χ2n) is 4.47. The zero-order valence-corrected chi connectivity index (χ0v) is 12.3. The third-order valence-corrected chi connectivity index (χ3v) is 4.05. The normalized spacial score (nSPS) is 29.4. The maximum atomic E-state index is 11.5. The van der Waals surface area contributed by atoms with Gasteiger partial charge >= 0.3 is 7.82 Å². The Hall–Kier alpha value is -0.760. The van der Waals surface area contributed by atoms with Crippen molar-refractivity contribution in [3.05, 3.63) is 18.7 Å². The van der Waals surface area contributed by atoms with E-state index in [2.05, 4.69) is 9.51 Å². The van der Waals surface area contributed by atoms with Crippen molar-refractivity contribution in [3.8, 4) is 0 Å². The molecule has 0 aliphatic carbocycles. The summed E-state index contributed by atoms with van der Waals surface area (Å²) in [5.41, 5.74) is 0. The number of hydrogen-bond acceptors (Lipinski definition) is 6. The molecule has 2 heterocycles. The lowest BCUT2D eigenvalue weighted by Gasteiger charge is -2.23. The Labute approximate surface area is 117 Å². The second-order valence-corrected chi connectivity index (χ2v) is 5.98. The third kappa shape index (κ3) is 4.12. The summed E-state index contributed by atoms with van der Waals surface area (Å²) in [7, 11) is -2.93. The molecule has 9 heteroatoms. The first-order valence-corrected chi connectivity index (χ1v) is 7.77. The Kier molecular flexibility index (Phi) is 5.31. The van der Waals surface area contributed by atoms with Gasteiger partial charge in [-0.15, -0.1) is 0 Å². The number of ether oxygens (including phenoxy) is 2. The Morgan fingerprint density at radius 3 is 3.05 bits per heavy atom. The molecule has 8 nitrogen and oxygen atoms in total. The molecule has 20 heavy (non-hydrogen) atoms. The number of rotatable bonds is 7. The minimum Gasteiger partial charge on any atom is -0.373 e. The number of imidazole rings is 1. The van der Waals surface area contributed by atoms with Crippen LogP contribution in [0.4, 0.5) is 0 Å². The maximum Gasteiger partial charge on any atom is 0.472 e. The molecule has 1 fully saturated rings. The molecule has 0 aromatic carbocycles. The average molecular weight is 306 g/mol. The van der Waals surface area contributed by atoms with Gasteiger partial charge in [0.05, 0.1) is 25.6 Å². The molecule has 114 valence electrons. The van der Waals surface area contributed by atoms with Crippen molar-refractivity contribution in [1.29, 1.82) is 0 Å². The summed E-state index contributed by atoms with van der Waals surface area (Å²) < 4.78 is 33.9. The van der Waals surface area contributed by atoms with Gasteiger partial charge in [-0.3, -0.25) is 9.05 Å². The molecular weight excluding hydrogens is 287 g/mol. The molecule has 0 spiro atoms. The zero-order chi connectivity index (χ0) is 14.6. The van der Waals surface area contributed by atoms with Crippen molar-refractivity contribution < 1.29 is 28.0 Å². The third-order valence-electron chi connectivity index (χ3n) is 3.08. The molecule has 0 radical (unpaired) electrons. The Morgan fingerprint density at radius 2 is 2.40 bits per heavy atom. The summed E-state index contributed by atoms with van der Waals surface area (Å²) in [5.74, 6) is 0. The Balaban J connectivity index is 1.84. The molecule has 4 atom stereocenters. The van der Waals surface area contributed by atoms with Crippen molar-refractivity contribution in [1.82, 2.24) is 9.55 Å². The molecule has 1 aliphatic rings. The van der Waals surface area contributed by atoms with Gasteiger partial charge in [-0.25, -0.2) is 9.55 Å². The molecule has 0 bridgehead atoms. The van der Waals surface area contributed by atoms with Crippen LogP contribution in [0.25, 0.3) is 0 Å². The smallest absolute Gasteiger partial charge is 0.373 e. The van der Waals surface area contributed by atoms with Crippen LogP contribution in [0.5, 0.6) is 0 Å². The average Bonchev–Trinajstić information content (AvgIpc) is 3.03. The molecule has 1 saturated heterocycles. The van der Waals surface area contributed by atoms with Crippen LogP contribution in [0.1, 0.15) is 6.92 Å². The highest BCUT2D eigenvalue weighted by Gasteiger charge is 2.41. The Bertz CT molecular complexity index is 454. The van der Waals surface area contributed by atoms with Crippen LogP contribution in [0.2, 0.25) is 0 Å². The first-order valence-electron chi connectivity index (χ1n) is 6.28. The van der Waals surface area contributed by atoms with E-state index in [0.29, 0.717) is 19.8 Å². The molecular formula is C11H19N2O6P. The Morgan fingerprint density at radius 1 is 1.60 bits per heavy atom. The maximum absolute atomic E-state index is 11.5. The van der Waals surface area contributed by atoms with E-state index in [1.165, 1.54) is 0 Å². The van der Waals surface area contributed by atoms with Gasteiger partial charge in [0.1, 0.15) is 12.2 Å². The number of hydrogen-bond donors (Lipinski definition) is 1. The summed E-state index contributed by atoms with van der Waals surface area (Å²) in [4.78, 5) is 13.3. The van der Waals surface area contributed by atoms with Crippen LogP contribution in [-0.2, 0) is 29.6 Å². The van der Waals surface area contributed by atoms with E-state index in [1.807, 2.05) is 10.8 Å². The lowest BCUT2D eigenvalue weighted by molar-refractivity contribution is -0.0200. The topological polar surface area (TPSA) is 92.0 Å². The quantitative estimate of drug-likeness (QED) is 0.745. The van der Waals surface area contributed by atoms with Crippen LogP contribution >= 0.6 is 7.82 Å². The fraction of sp³-hybridized carbons (Fsp3) is 0.727. The van der Waals surface area contributed by atoms with Crippen LogP contribution in [-0.4, -0.2) is 53.1 Å². The molecule has 1 aromatic rings. The summed E-state index contributed by atoms with van der Waals surface area (Å²) in [6, 6.07) is 0. The molecule has 2 rings (SSSR count). The number of aromatic nitrogens is 2. The molecule has 1 N–H and O–H groups in total. The van der Waals surface area contributed by atoms with E-state index in [1.54, 1.807) is 19.4 Å². The molecule has 2 unspecified atom stereocenters. The number of nitrogens with zero attached hydrogens (tertiary/aromatic N) is 2. The van der Waals surface area contributed by atoms with E-state index in [0.717, 1.165) is 7.11 Å². The van der Waals surface area contributed by atoms with Crippen molar-refractivity contribution in [2.24, 2.45) is 0 Å². The second kappa shape index (κ2) is 6.80. The van der Waals surface area contributed by atoms with Crippen LogP contribution in [0.3, 0.4) is 0 Å². The van der Waals surface area contributed by atoms with Gasteiger partial charge < -0.3 is 18.9 Å². The van der Waals surface area contributed by atoms with Crippen molar-refractivity contribution in [3.63, 3.8) is 0 Å². The van der Waals surface area contributed by atoms with Gasteiger partial charge in [0.2, 0.25) is 0 Å². The highest BCUT2D eigenvalue weighted by atomic mass is 31.2. The summed E-state index contributed by atoms with van der Waals surface area (Å²) in [6.07, 6.45) is 3.85. The SMILES string of the molecule is COP(=O)(O)OC1[C@@H](C)OC[C@H]1OCCn1ccnc1. The van der Waals surface area contributed by atoms with Gasteiger partial charge in [-0.2, -0.15) is 0 Å². The van der Waals surface area contributed by atoms with Gasteiger partial charge in [0, 0.05) is 26.0 Å². The molecule has 0 saturated carbocycles. The predicted octanol–water partition coefficient (Wildman–Crippen LogP) is 0.819. The summed E-state index contributed by atoms with van der Waals surface area (Å²) in [5, 5.41) is 0. The van der Waals surface area contributed by atoms with Gasteiger partial charge in [0.15, 0.2) is 0 Å². The van der Waals surface area contributed by atoms with E-state index < -0.39 is 20.0 Å². The van der Waals surface area contributed by atoms with Gasteiger partial charge in [0.25, 0.3) is 0 Å². The first kappa shape index (κ1) is 15.6. The highest BCUT2D eigenvalue weighted by Crippen LogP contribution is 2.45. The molecule has 1 aromatic heterocycles. The first-order chi connectivity index (χ1) is 9.52. The van der Waals surface area contributed by atoms with E-state index in [9.17, 15) is 9.46 Å². The minimum atomic E-state index is -4.05. The summed E-state index contributed by atoms with van der Waals surface area (Å²) >= 11 is 0. The molecule has 1 aliphatic heterocycles. The van der Waals surface area contributed by atoms with Gasteiger partial charge in [-0.1, -0.05) is 0 Å². The standard InChI is InChI=1S/C11H19N2O6P/c1-9-11(19-20(14,15)16-2)10(7-18-9)17-6-5-13-4-3-12-8-13/h3-4,8-11H,5-7H2,1-2H3,(H,14,15)/t9-,10-,11?/m1/s1. The zero-order valence-electron chi connectivity index (χ0n) is 11.4. The van der Waals surface area contributed by atoms with Crippen molar-refractivity contribution in [2.45, 2.75) is 31.8 Å². The van der Waals surface area contributed by atoms with Crippen LogP contribution in [0, 0.1) is 0 Å². The van der Waals surface area contributed by atoms with Crippen LogP contribution in [0.15, 0.2) is 18.7 Å². The highest BCUT2D eigenvalue weighted by molar-refractivity contribution is 7.47. The number of phosphoric ester groups is 1. The largest absolute Gasteiger partial charge is 0.472 e. The van der Waals surface area contributed by atoms with E-state index >= 15 is 0 Å². The van der Waals surface area contributed by atoms with E-state index in [-0.39, 0.29) is 6.10 Å². The summed E-state index contributed by atoms with van der Waals surface area (Å²) in [6.45, 7) is 3.15. The van der Waals surface area contributed by atoms with Gasteiger partial charge in [-0.05, 0) is 6.92 Å². The fourth-order valence-corrected chi connectivity index (χ4v) is 2.66. The van der Waals surface area contributed by atoms with E-state index in [4.69, 9.17) is 14.0 Å². The fourth-order valence-electron chi connectivity index (χ4n) is 1.96. The minimum absolute atomic E-state index is 0.319. The van der Waals surface area contributed by atoms with Crippen molar-refractivity contribution in [2.75, 3.05) is 20.3 Å². The predicted molar refractivity (Wildman–Crippen MR) is 69.1 cm³/mol. The van der Waals surface area contributed by atoms with Crippen molar-refractivity contribution >= 4 is 7.82 Å². The van der Waals surface area contributed by atoms with Crippen LogP contribution < -0.4 is 0 Å². The number of phosphoric acid groups is 1. The lowest BCUT2D eigenvalue weighted by atomic mass is 10.2. The lowest BCUT2D eigenvalue weighted by Crippen LogP contribution is -2.33. The molecule has 0 amide bonds. The monoisotopic (exact) mass is 306 g/mol.